The molecule has 0 spiro atoms. The second kappa shape index (κ2) is 4.64. The molecule has 1 nitrogen and oxygen atoms in total. The molecule has 0 radical (unpaired) electrons. The van der Waals surface area contributed by atoms with Crippen molar-refractivity contribution in [2.45, 2.75) is 19.4 Å². The number of nitrogens with zero attached hydrogens (tertiary/aromatic N) is 1. The van der Waals surface area contributed by atoms with Gasteiger partial charge in [0, 0.05) is 11.1 Å². The molecule has 0 heterocycles. The zero-order valence-electron chi connectivity index (χ0n) is 8.42. The van der Waals surface area contributed by atoms with Crippen LogP contribution in [0.4, 0.5) is 0 Å². The summed E-state index contributed by atoms with van der Waals surface area (Å²) < 4.78 is 0. The van der Waals surface area contributed by atoms with Gasteiger partial charge >= 0.3 is 0 Å². The molecule has 1 unspecified atom stereocenters. The van der Waals surface area contributed by atoms with Crippen molar-refractivity contribution in [3.63, 3.8) is 0 Å². The third-order valence-electron chi connectivity index (χ3n) is 2.27. The summed E-state index contributed by atoms with van der Waals surface area (Å²) >= 11 is 6.12. The Morgan fingerprint density at radius 1 is 1.31 bits per heavy atom. The number of halogens is 1. The molecular formula is C11H16ClN. The molecule has 0 aliphatic heterocycles. The Kier molecular flexibility index (Phi) is 3.76. The molecule has 72 valence electrons. The lowest BCUT2D eigenvalue weighted by Gasteiger charge is -2.24. The first-order chi connectivity index (χ1) is 6.16. The molecule has 0 saturated carbocycles. The molecule has 0 amide bonds. The standard InChI is InChI=1S/C11H16ClN/c1-4-11(13(2)3)9-7-5-6-8-10(9)12/h5-8,11H,4H2,1-3H3. The lowest BCUT2D eigenvalue weighted by molar-refractivity contribution is 0.292. The van der Waals surface area contributed by atoms with Gasteiger partial charge in [-0.15, -0.1) is 0 Å². The van der Waals surface area contributed by atoms with Gasteiger partial charge in [-0.25, -0.2) is 0 Å². The van der Waals surface area contributed by atoms with E-state index in [2.05, 4.69) is 32.0 Å². The Hall–Kier alpha value is -0.530. The lowest BCUT2D eigenvalue weighted by Crippen LogP contribution is -2.19. The summed E-state index contributed by atoms with van der Waals surface area (Å²) in [6.45, 7) is 2.17. The van der Waals surface area contributed by atoms with Crippen molar-refractivity contribution >= 4 is 11.6 Å². The van der Waals surface area contributed by atoms with E-state index in [1.807, 2.05) is 18.2 Å². The van der Waals surface area contributed by atoms with Gasteiger partial charge in [0.1, 0.15) is 0 Å². The Morgan fingerprint density at radius 3 is 2.38 bits per heavy atom. The van der Waals surface area contributed by atoms with Crippen molar-refractivity contribution < 1.29 is 0 Å². The first-order valence-electron chi connectivity index (χ1n) is 4.57. The third-order valence-corrected chi connectivity index (χ3v) is 2.62. The van der Waals surface area contributed by atoms with Gasteiger partial charge in [-0.05, 0) is 32.1 Å². The Bertz CT molecular complexity index is 271. The zero-order valence-corrected chi connectivity index (χ0v) is 9.17. The first kappa shape index (κ1) is 10.6. The smallest absolute Gasteiger partial charge is 0.0453 e. The van der Waals surface area contributed by atoms with Crippen LogP contribution in [0.5, 0.6) is 0 Å². The molecule has 0 saturated heterocycles. The minimum Gasteiger partial charge on any atom is -0.302 e. The number of benzene rings is 1. The maximum atomic E-state index is 6.12. The van der Waals surface area contributed by atoms with Gasteiger partial charge in [0.25, 0.3) is 0 Å². The molecule has 1 atom stereocenters. The van der Waals surface area contributed by atoms with Crippen molar-refractivity contribution in [3.05, 3.63) is 34.9 Å². The summed E-state index contributed by atoms with van der Waals surface area (Å²) in [5.41, 5.74) is 1.22. The highest BCUT2D eigenvalue weighted by Gasteiger charge is 2.13. The van der Waals surface area contributed by atoms with Gasteiger partial charge in [0.2, 0.25) is 0 Å². The van der Waals surface area contributed by atoms with Gasteiger partial charge in [-0.3, -0.25) is 0 Å². The van der Waals surface area contributed by atoms with Crippen LogP contribution in [0.1, 0.15) is 24.9 Å². The topological polar surface area (TPSA) is 3.24 Å². The van der Waals surface area contributed by atoms with Crippen LogP contribution in [0, 0.1) is 0 Å². The SMILES string of the molecule is CCC(c1ccccc1Cl)N(C)C. The largest absolute Gasteiger partial charge is 0.302 e. The van der Waals surface area contributed by atoms with Crippen molar-refractivity contribution in [2.24, 2.45) is 0 Å². The monoisotopic (exact) mass is 197 g/mol. The fourth-order valence-corrected chi connectivity index (χ4v) is 1.87. The summed E-state index contributed by atoms with van der Waals surface area (Å²) in [6.07, 6.45) is 1.08. The van der Waals surface area contributed by atoms with Crippen LogP contribution in [-0.2, 0) is 0 Å². The van der Waals surface area contributed by atoms with Crippen LogP contribution in [0.3, 0.4) is 0 Å². The number of hydrogen-bond donors (Lipinski definition) is 0. The van der Waals surface area contributed by atoms with E-state index in [0.29, 0.717) is 6.04 Å². The van der Waals surface area contributed by atoms with E-state index >= 15 is 0 Å². The van der Waals surface area contributed by atoms with E-state index in [-0.39, 0.29) is 0 Å². The zero-order chi connectivity index (χ0) is 9.84. The average molecular weight is 198 g/mol. The highest BCUT2D eigenvalue weighted by atomic mass is 35.5. The molecule has 0 fully saturated rings. The maximum Gasteiger partial charge on any atom is 0.0453 e. The fourth-order valence-electron chi connectivity index (χ4n) is 1.61. The molecule has 0 aromatic heterocycles. The predicted octanol–water partition coefficient (Wildman–Crippen LogP) is 3.35. The van der Waals surface area contributed by atoms with Crippen LogP contribution in [0.25, 0.3) is 0 Å². The van der Waals surface area contributed by atoms with Crippen LogP contribution >= 0.6 is 11.6 Å². The second-order valence-corrected chi connectivity index (χ2v) is 3.82. The summed E-state index contributed by atoms with van der Waals surface area (Å²) in [5.74, 6) is 0. The Morgan fingerprint density at radius 2 is 1.92 bits per heavy atom. The molecule has 1 aromatic rings. The molecule has 0 aliphatic rings. The van der Waals surface area contributed by atoms with Crippen molar-refractivity contribution in [3.8, 4) is 0 Å². The van der Waals surface area contributed by atoms with E-state index < -0.39 is 0 Å². The van der Waals surface area contributed by atoms with Crippen molar-refractivity contribution in [1.29, 1.82) is 0 Å². The summed E-state index contributed by atoms with van der Waals surface area (Å²) in [5, 5.41) is 0.864. The van der Waals surface area contributed by atoms with E-state index in [0.717, 1.165) is 11.4 Å². The van der Waals surface area contributed by atoms with E-state index in [1.54, 1.807) is 0 Å². The molecule has 0 aliphatic carbocycles. The summed E-state index contributed by atoms with van der Waals surface area (Å²) in [6, 6.07) is 8.47. The van der Waals surface area contributed by atoms with Gasteiger partial charge in [0.05, 0.1) is 0 Å². The van der Waals surface area contributed by atoms with Crippen LogP contribution < -0.4 is 0 Å². The molecular weight excluding hydrogens is 182 g/mol. The van der Waals surface area contributed by atoms with E-state index in [1.165, 1.54) is 5.56 Å². The predicted molar refractivity (Wildman–Crippen MR) is 58.2 cm³/mol. The number of rotatable bonds is 3. The van der Waals surface area contributed by atoms with Gasteiger partial charge in [-0.2, -0.15) is 0 Å². The average Bonchev–Trinajstić information content (AvgIpc) is 2.09. The highest BCUT2D eigenvalue weighted by Crippen LogP contribution is 2.27. The molecule has 13 heavy (non-hydrogen) atoms. The summed E-state index contributed by atoms with van der Waals surface area (Å²) in [4.78, 5) is 2.20. The molecule has 1 aromatic carbocycles. The normalized spacial score (nSPS) is 13.3. The highest BCUT2D eigenvalue weighted by molar-refractivity contribution is 6.31. The van der Waals surface area contributed by atoms with Crippen LogP contribution in [-0.4, -0.2) is 19.0 Å². The first-order valence-corrected chi connectivity index (χ1v) is 4.95. The number of hydrogen-bond acceptors (Lipinski definition) is 1. The Balaban J connectivity index is 2.97. The summed E-state index contributed by atoms with van der Waals surface area (Å²) in [7, 11) is 4.16. The minimum absolute atomic E-state index is 0.425. The van der Waals surface area contributed by atoms with Gasteiger partial charge in [0.15, 0.2) is 0 Å². The molecule has 0 bridgehead atoms. The van der Waals surface area contributed by atoms with E-state index in [9.17, 15) is 0 Å². The third kappa shape index (κ3) is 2.45. The lowest BCUT2D eigenvalue weighted by atomic mass is 10.0. The van der Waals surface area contributed by atoms with Crippen LogP contribution in [0.15, 0.2) is 24.3 Å². The van der Waals surface area contributed by atoms with Crippen molar-refractivity contribution in [2.75, 3.05) is 14.1 Å². The second-order valence-electron chi connectivity index (χ2n) is 3.41. The van der Waals surface area contributed by atoms with Gasteiger partial charge in [-0.1, -0.05) is 36.7 Å². The molecule has 0 N–H and O–H groups in total. The minimum atomic E-state index is 0.425. The molecule has 2 heteroatoms. The van der Waals surface area contributed by atoms with Crippen LogP contribution in [0.2, 0.25) is 5.02 Å². The fraction of sp³-hybridized carbons (Fsp3) is 0.455. The van der Waals surface area contributed by atoms with Gasteiger partial charge < -0.3 is 4.90 Å². The van der Waals surface area contributed by atoms with E-state index in [4.69, 9.17) is 11.6 Å². The Labute approximate surface area is 85.3 Å². The molecule has 1 rings (SSSR count). The maximum absolute atomic E-state index is 6.12. The van der Waals surface area contributed by atoms with Crippen molar-refractivity contribution in [1.82, 2.24) is 4.90 Å². The quantitative estimate of drug-likeness (QED) is 0.719.